The maximum Gasteiger partial charge on any atom is 0.433 e. The molecule has 0 aliphatic carbocycles. The van der Waals surface area contributed by atoms with E-state index in [1.807, 2.05) is 0 Å². The van der Waals surface area contributed by atoms with E-state index in [0.29, 0.717) is 6.42 Å². The molecule has 10 nitrogen and oxygen atoms in total. The van der Waals surface area contributed by atoms with Crippen LogP contribution in [0.3, 0.4) is 0 Å². The van der Waals surface area contributed by atoms with Crippen molar-refractivity contribution in [1.29, 1.82) is 0 Å². The monoisotopic (exact) mass is 469 g/mol. The van der Waals surface area contributed by atoms with Crippen molar-refractivity contribution < 1.29 is 26.4 Å². The Morgan fingerprint density at radius 3 is 2.43 bits per heavy atom. The highest BCUT2D eigenvalue weighted by Crippen LogP contribution is 2.26. The molecule has 1 aromatic heterocycles. The number of halogens is 4. The zero-order chi connectivity index (χ0) is 22.9. The zero-order valence-electron chi connectivity index (χ0n) is 15.2. The first-order chi connectivity index (χ1) is 13.8. The number of nitrogen functional groups attached to an aromatic ring is 1. The molecule has 2 rings (SSSR count). The number of carbonyl (C=O) groups excluding carboxylic acids is 1. The minimum absolute atomic E-state index is 0.0490. The summed E-state index contributed by atoms with van der Waals surface area (Å²) in [6, 6.07) is 3.10. The second kappa shape index (κ2) is 8.49. The Bertz CT molecular complexity index is 1210. The summed E-state index contributed by atoms with van der Waals surface area (Å²) in [6.07, 6.45) is -4.61. The lowest BCUT2D eigenvalue weighted by atomic mass is 10.2. The highest BCUT2D eigenvalue weighted by atomic mass is 35.5. The van der Waals surface area contributed by atoms with Crippen molar-refractivity contribution in [3.8, 4) is 5.69 Å². The first-order valence-electron chi connectivity index (χ1n) is 8.11. The number of hydrogen-bond acceptors (Lipinski definition) is 6. The fourth-order valence-corrected chi connectivity index (χ4v) is 3.39. The van der Waals surface area contributed by atoms with Crippen molar-refractivity contribution in [3.63, 3.8) is 0 Å². The largest absolute Gasteiger partial charge is 0.433 e. The van der Waals surface area contributed by atoms with Crippen LogP contribution in [0.1, 0.15) is 29.4 Å². The molecule has 0 bridgehead atoms. The number of carbonyl (C=O) groups is 1. The van der Waals surface area contributed by atoms with Gasteiger partial charge >= 0.3 is 22.1 Å². The van der Waals surface area contributed by atoms with Crippen molar-refractivity contribution in [2.24, 2.45) is 0 Å². The van der Waals surface area contributed by atoms with Gasteiger partial charge in [-0.15, -0.1) is 0 Å². The predicted molar refractivity (Wildman–Crippen MR) is 101 cm³/mol. The van der Waals surface area contributed by atoms with Crippen molar-refractivity contribution in [2.75, 3.05) is 12.4 Å². The zero-order valence-corrected chi connectivity index (χ0v) is 16.7. The average Bonchev–Trinajstić information content (AvgIpc) is 2.63. The van der Waals surface area contributed by atoms with Gasteiger partial charge in [-0.05, 0) is 24.6 Å². The molecule has 1 heterocycles. The summed E-state index contributed by atoms with van der Waals surface area (Å²) in [5.41, 5.74) is -5.40. The number of rotatable bonds is 6. The second-order valence-corrected chi connectivity index (χ2v) is 7.75. The molecular formula is C15H15ClF3N5O5S. The Labute approximate surface area is 172 Å². The predicted octanol–water partition coefficient (Wildman–Crippen LogP) is 0.359. The number of alkyl halides is 3. The molecule has 4 N–H and O–H groups in total. The molecule has 15 heteroatoms. The van der Waals surface area contributed by atoms with Crippen molar-refractivity contribution in [3.05, 3.63) is 61.4 Å². The van der Waals surface area contributed by atoms with Crippen LogP contribution in [0.4, 0.5) is 13.2 Å². The summed E-state index contributed by atoms with van der Waals surface area (Å²) < 4.78 is 66.1. The number of nitrogens with one attached hydrogen (secondary N) is 2. The minimum Gasteiger partial charge on any atom is -0.335 e. The second-order valence-electron chi connectivity index (χ2n) is 5.85. The van der Waals surface area contributed by atoms with Gasteiger partial charge in [0.1, 0.15) is 0 Å². The molecular weight excluding hydrogens is 455 g/mol. The molecule has 1 aromatic carbocycles. The van der Waals surface area contributed by atoms with Gasteiger partial charge in [-0.2, -0.15) is 26.3 Å². The molecule has 0 saturated heterocycles. The van der Waals surface area contributed by atoms with Crippen LogP contribution >= 0.6 is 11.6 Å². The summed E-state index contributed by atoms with van der Waals surface area (Å²) in [5.74, 6) is 3.97. The van der Waals surface area contributed by atoms with Crippen LogP contribution in [0, 0.1) is 0 Å². The van der Waals surface area contributed by atoms with Gasteiger partial charge < -0.3 is 5.84 Å². The normalized spacial score (nSPS) is 12.0. The summed E-state index contributed by atoms with van der Waals surface area (Å²) in [7, 11) is -4.22. The molecule has 0 aliphatic heterocycles. The van der Waals surface area contributed by atoms with Gasteiger partial charge in [-0.25, -0.2) is 18.8 Å². The summed E-state index contributed by atoms with van der Waals surface area (Å²) >= 11 is 5.89. The number of nitrogens with two attached hydrogens (primary N) is 1. The topological polar surface area (TPSA) is 145 Å². The molecule has 0 fully saturated rings. The molecule has 0 unspecified atom stereocenters. The quantitative estimate of drug-likeness (QED) is 0.521. The van der Waals surface area contributed by atoms with E-state index in [0.717, 1.165) is 18.2 Å². The SMILES string of the molecule is CCCNS(=O)(=O)NC(=O)c1cc(-n2c(=O)cc(C(F)(F)F)n(N)c2=O)ccc1Cl. The van der Waals surface area contributed by atoms with E-state index in [-0.39, 0.29) is 32.6 Å². The standard InChI is InChI=1S/C15H15ClF3N5O5S/c1-2-5-21-30(28,29)22-13(26)9-6-8(3-4-10(9)16)23-12(25)7-11(15(17,18)19)24(20)14(23)27/h3-4,6-7,21H,2,5,20H2,1H3,(H,22,26). The van der Waals surface area contributed by atoms with Gasteiger partial charge in [0.15, 0.2) is 5.69 Å². The van der Waals surface area contributed by atoms with Crippen LogP contribution in [0.5, 0.6) is 0 Å². The van der Waals surface area contributed by atoms with Crippen LogP contribution in [-0.2, 0) is 16.4 Å². The Hall–Kier alpha value is -2.84. The number of nitrogens with zero attached hydrogens (tertiary/aromatic N) is 2. The number of amides is 1. The first kappa shape index (κ1) is 23.4. The molecule has 2 aromatic rings. The molecule has 0 saturated carbocycles. The lowest BCUT2D eigenvalue weighted by molar-refractivity contribution is -0.143. The van der Waals surface area contributed by atoms with Gasteiger partial charge in [0.2, 0.25) is 0 Å². The van der Waals surface area contributed by atoms with E-state index >= 15 is 0 Å². The summed E-state index contributed by atoms with van der Waals surface area (Å²) in [6.45, 7) is 1.74. The minimum atomic E-state index is -5.06. The maximum absolute atomic E-state index is 12.9. The molecule has 1 amide bonds. The van der Waals surface area contributed by atoms with Crippen molar-refractivity contribution >= 4 is 27.7 Å². The lowest BCUT2D eigenvalue weighted by Crippen LogP contribution is -2.45. The van der Waals surface area contributed by atoms with Crippen LogP contribution in [0.2, 0.25) is 5.02 Å². The average molecular weight is 470 g/mol. The number of hydrogen-bond donors (Lipinski definition) is 3. The Kier molecular flexibility index (Phi) is 6.63. The first-order valence-corrected chi connectivity index (χ1v) is 9.97. The number of aromatic nitrogens is 2. The molecule has 164 valence electrons. The van der Waals surface area contributed by atoms with E-state index < -0.39 is 44.8 Å². The lowest BCUT2D eigenvalue weighted by Gasteiger charge is -2.14. The van der Waals surface area contributed by atoms with Gasteiger partial charge in [0.05, 0.1) is 16.3 Å². The molecule has 0 aliphatic rings. The Morgan fingerprint density at radius 2 is 1.87 bits per heavy atom. The smallest absolute Gasteiger partial charge is 0.335 e. The fourth-order valence-electron chi connectivity index (χ4n) is 2.29. The third kappa shape index (κ3) is 5.01. The Balaban J connectivity index is 2.55. The third-order valence-corrected chi connectivity index (χ3v) is 5.02. The van der Waals surface area contributed by atoms with Crippen LogP contribution in [0.25, 0.3) is 5.69 Å². The highest BCUT2D eigenvalue weighted by molar-refractivity contribution is 7.88. The molecule has 0 spiro atoms. The maximum atomic E-state index is 12.9. The van der Waals surface area contributed by atoms with Crippen LogP contribution in [0.15, 0.2) is 33.9 Å². The summed E-state index contributed by atoms with van der Waals surface area (Å²) in [4.78, 5) is 36.7. The highest BCUT2D eigenvalue weighted by Gasteiger charge is 2.35. The molecule has 0 atom stereocenters. The summed E-state index contributed by atoms with van der Waals surface area (Å²) in [5, 5.41) is -0.241. The van der Waals surface area contributed by atoms with Crippen LogP contribution < -0.4 is 26.5 Å². The molecule has 0 radical (unpaired) electrons. The van der Waals surface area contributed by atoms with Gasteiger partial charge in [-0.1, -0.05) is 18.5 Å². The number of benzene rings is 1. The van der Waals surface area contributed by atoms with E-state index in [1.54, 1.807) is 11.6 Å². The van der Waals surface area contributed by atoms with E-state index in [4.69, 9.17) is 17.4 Å². The van der Waals surface area contributed by atoms with E-state index in [1.165, 1.54) is 0 Å². The van der Waals surface area contributed by atoms with E-state index in [2.05, 4.69) is 4.72 Å². The third-order valence-electron chi connectivity index (χ3n) is 3.65. The van der Waals surface area contributed by atoms with Crippen molar-refractivity contribution in [1.82, 2.24) is 18.7 Å². The molecule has 30 heavy (non-hydrogen) atoms. The van der Waals surface area contributed by atoms with Gasteiger partial charge in [0.25, 0.3) is 11.5 Å². The van der Waals surface area contributed by atoms with E-state index in [9.17, 15) is 36.0 Å². The van der Waals surface area contributed by atoms with Gasteiger partial charge in [-0.3, -0.25) is 9.59 Å². The van der Waals surface area contributed by atoms with Crippen molar-refractivity contribution in [2.45, 2.75) is 19.5 Å². The van der Waals surface area contributed by atoms with Gasteiger partial charge in [0, 0.05) is 12.6 Å². The Morgan fingerprint density at radius 1 is 1.23 bits per heavy atom. The van der Waals surface area contributed by atoms with Crippen LogP contribution in [-0.4, -0.2) is 30.1 Å². The fraction of sp³-hybridized carbons (Fsp3) is 0.267.